The molecular formula is C27H21N. The molecule has 0 atom stereocenters. The number of fused-ring (bicyclic) bond motifs is 5. The molecule has 1 heterocycles. The summed E-state index contributed by atoms with van der Waals surface area (Å²) in [4.78, 5) is 4.98. The molecule has 0 amide bonds. The Morgan fingerprint density at radius 3 is 2.25 bits per heavy atom. The highest BCUT2D eigenvalue weighted by atomic mass is 14.7. The Balaban J connectivity index is 1.98. The van der Waals surface area contributed by atoms with E-state index < -0.39 is 0 Å². The largest absolute Gasteiger partial charge is 0.255 e. The van der Waals surface area contributed by atoms with Crippen LogP contribution in [-0.2, 0) is 5.41 Å². The molecule has 1 aromatic heterocycles. The predicted octanol–water partition coefficient (Wildman–Crippen LogP) is 7.58. The van der Waals surface area contributed by atoms with Crippen molar-refractivity contribution in [3.63, 3.8) is 0 Å². The zero-order chi connectivity index (χ0) is 19.0. The lowest BCUT2D eigenvalue weighted by molar-refractivity contribution is 0.589. The first-order valence-electron chi connectivity index (χ1n) is 9.91. The standard InChI is InChI=1S/C27H21N/c1-27(2,3)18-14-23-22-13-17-7-4-5-9-19(17)20-12-11-16-8-6-10-21(24(16)25(20)22)26(23)28-15-18/h4-15H,1-3H3. The van der Waals surface area contributed by atoms with Gasteiger partial charge in [-0.1, -0.05) is 75.4 Å². The van der Waals surface area contributed by atoms with Crippen molar-refractivity contribution in [1.82, 2.24) is 4.98 Å². The first kappa shape index (κ1) is 15.8. The van der Waals surface area contributed by atoms with E-state index in [1.54, 1.807) is 0 Å². The third-order valence-electron chi connectivity index (χ3n) is 6.16. The number of benzene rings is 5. The molecular weight excluding hydrogens is 338 g/mol. The van der Waals surface area contributed by atoms with Crippen LogP contribution in [0.5, 0.6) is 0 Å². The second-order valence-electron chi connectivity index (χ2n) is 8.91. The average Bonchev–Trinajstić information content (AvgIpc) is 2.71. The van der Waals surface area contributed by atoms with Gasteiger partial charge >= 0.3 is 0 Å². The minimum absolute atomic E-state index is 0.0704. The lowest BCUT2D eigenvalue weighted by atomic mass is 9.85. The summed E-state index contributed by atoms with van der Waals surface area (Å²) >= 11 is 0. The van der Waals surface area contributed by atoms with E-state index in [2.05, 4.69) is 93.7 Å². The minimum Gasteiger partial charge on any atom is -0.255 e. The maximum atomic E-state index is 4.98. The molecule has 0 radical (unpaired) electrons. The molecule has 1 nitrogen and oxygen atoms in total. The van der Waals surface area contributed by atoms with Gasteiger partial charge in [-0.25, -0.2) is 0 Å². The van der Waals surface area contributed by atoms with Gasteiger partial charge in [0, 0.05) is 17.0 Å². The molecule has 0 saturated carbocycles. The fourth-order valence-corrected chi connectivity index (χ4v) is 4.68. The van der Waals surface area contributed by atoms with Crippen LogP contribution in [0.4, 0.5) is 0 Å². The molecule has 0 unspecified atom stereocenters. The van der Waals surface area contributed by atoms with E-state index in [1.807, 2.05) is 0 Å². The first-order valence-corrected chi connectivity index (χ1v) is 9.91. The van der Waals surface area contributed by atoms with Crippen molar-refractivity contribution in [3.05, 3.63) is 78.5 Å². The van der Waals surface area contributed by atoms with Crippen molar-refractivity contribution >= 4 is 54.0 Å². The SMILES string of the molecule is CC(C)(C)c1cnc2c(c1)c1cc3ccccc3c3ccc4cccc2c4c31. The third-order valence-corrected chi connectivity index (χ3v) is 6.16. The number of pyridine rings is 1. The van der Waals surface area contributed by atoms with Crippen LogP contribution in [0.25, 0.3) is 54.0 Å². The summed E-state index contributed by atoms with van der Waals surface area (Å²) in [5.41, 5.74) is 2.45. The molecule has 0 bridgehead atoms. The number of rotatable bonds is 0. The van der Waals surface area contributed by atoms with E-state index in [9.17, 15) is 0 Å². The van der Waals surface area contributed by atoms with Crippen LogP contribution >= 0.6 is 0 Å². The molecule has 0 aliphatic heterocycles. The summed E-state index contributed by atoms with van der Waals surface area (Å²) in [6.45, 7) is 6.76. The van der Waals surface area contributed by atoms with Crippen molar-refractivity contribution in [1.29, 1.82) is 0 Å². The van der Waals surface area contributed by atoms with E-state index in [4.69, 9.17) is 4.98 Å². The smallest absolute Gasteiger partial charge is 0.0787 e. The number of hydrogen-bond acceptors (Lipinski definition) is 1. The van der Waals surface area contributed by atoms with Crippen LogP contribution in [0.2, 0.25) is 0 Å². The van der Waals surface area contributed by atoms with Gasteiger partial charge in [0.2, 0.25) is 0 Å². The summed E-state index contributed by atoms with van der Waals surface area (Å²) in [5, 5.41) is 11.8. The predicted molar refractivity (Wildman–Crippen MR) is 122 cm³/mol. The van der Waals surface area contributed by atoms with Crippen LogP contribution in [0.3, 0.4) is 0 Å². The second-order valence-corrected chi connectivity index (χ2v) is 8.91. The Labute approximate surface area is 163 Å². The van der Waals surface area contributed by atoms with Gasteiger partial charge in [0.15, 0.2) is 0 Å². The molecule has 0 fully saturated rings. The van der Waals surface area contributed by atoms with Gasteiger partial charge in [-0.3, -0.25) is 4.98 Å². The molecule has 28 heavy (non-hydrogen) atoms. The van der Waals surface area contributed by atoms with Gasteiger partial charge in [-0.05, 0) is 60.8 Å². The van der Waals surface area contributed by atoms with E-state index in [0.29, 0.717) is 0 Å². The number of aromatic nitrogens is 1. The van der Waals surface area contributed by atoms with Crippen LogP contribution in [-0.4, -0.2) is 4.98 Å². The van der Waals surface area contributed by atoms with Gasteiger partial charge in [-0.15, -0.1) is 0 Å². The Morgan fingerprint density at radius 1 is 0.607 bits per heavy atom. The van der Waals surface area contributed by atoms with Crippen molar-refractivity contribution in [2.45, 2.75) is 26.2 Å². The topological polar surface area (TPSA) is 12.9 Å². The zero-order valence-corrected chi connectivity index (χ0v) is 16.4. The summed E-state index contributed by atoms with van der Waals surface area (Å²) in [6.07, 6.45) is 2.06. The van der Waals surface area contributed by atoms with Gasteiger partial charge < -0.3 is 0 Å². The van der Waals surface area contributed by atoms with Gasteiger partial charge in [0.05, 0.1) is 5.52 Å². The maximum absolute atomic E-state index is 4.98. The molecule has 0 aliphatic carbocycles. The highest BCUT2D eigenvalue weighted by Crippen LogP contribution is 2.43. The molecule has 0 spiro atoms. The molecule has 5 aromatic carbocycles. The second kappa shape index (κ2) is 5.20. The fourth-order valence-electron chi connectivity index (χ4n) is 4.68. The summed E-state index contributed by atoms with van der Waals surface area (Å²) in [7, 11) is 0. The molecule has 6 rings (SSSR count). The third kappa shape index (κ3) is 1.99. The Bertz CT molecular complexity index is 1530. The normalized spacial score (nSPS) is 12.8. The molecule has 6 aromatic rings. The fraction of sp³-hybridized carbons (Fsp3) is 0.148. The number of hydrogen-bond donors (Lipinski definition) is 0. The zero-order valence-electron chi connectivity index (χ0n) is 16.4. The highest BCUT2D eigenvalue weighted by Gasteiger charge is 2.19. The average molecular weight is 359 g/mol. The summed E-state index contributed by atoms with van der Waals surface area (Å²) in [6, 6.07) is 24.6. The Morgan fingerprint density at radius 2 is 1.39 bits per heavy atom. The van der Waals surface area contributed by atoms with Gasteiger partial charge in [0.25, 0.3) is 0 Å². The van der Waals surface area contributed by atoms with Crippen molar-refractivity contribution in [2.24, 2.45) is 0 Å². The highest BCUT2D eigenvalue weighted by molar-refractivity contribution is 6.36. The van der Waals surface area contributed by atoms with Crippen molar-refractivity contribution < 1.29 is 0 Å². The van der Waals surface area contributed by atoms with Crippen molar-refractivity contribution in [3.8, 4) is 0 Å². The van der Waals surface area contributed by atoms with Crippen molar-refractivity contribution in [2.75, 3.05) is 0 Å². The number of nitrogens with zero attached hydrogens (tertiary/aromatic N) is 1. The molecule has 1 heteroatoms. The summed E-state index contributed by atoms with van der Waals surface area (Å²) in [5.74, 6) is 0. The molecule has 134 valence electrons. The Hall–Kier alpha value is -3.19. The molecule has 0 N–H and O–H groups in total. The molecule has 0 aliphatic rings. The Kier molecular flexibility index (Phi) is 2.94. The van der Waals surface area contributed by atoms with E-state index in [1.165, 1.54) is 54.0 Å². The van der Waals surface area contributed by atoms with E-state index in [0.717, 1.165) is 5.52 Å². The molecule has 0 saturated heterocycles. The lowest BCUT2D eigenvalue weighted by Gasteiger charge is -2.21. The van der Waals surface area contributed by atoms with Gasteiger partial charge in [-0.2, -0.15) is 0 Å². The van der Waals surface area contributed by atoms with Crippen LogP contribution in [0, 0.1) is 0 Å². The van der Waals surface area contributed by atoms with Crippen LogP contribution in [0.15, 0.2) is 72.9 Å². The quantitative estimate of drug-likeness (QED) is 0.201. The first-order chi connectivity index (χ1) is 13.5. The summed E-state index contributed by atoms with van der Waals surface area (Å²) < 4.78 is 0. The van der Waals surface area contributed by atoms with E-state index in [-0.39, 0.29) is 5.41 Å². The van der Waals surface area contributed by atoms with E-state index >= 15 is 0 Å². The maximum Gasteiger partial charge on any atom is 0.0787 e. The van der Waals surface area contributed by atoms with Crippen LogP contribution < -0.4 is 0 Å². The van der Waals surface area contributed by atoms with Crippen LogP contribution in [0.1, 0.15) is 26.3 Å². The monoisotopic (exact) mass is 359 g/mol. The van der Waals surface area contributed by atoms with Gasteiger partial charge in [0.1, 0.15) is 0 Å². The lowest BCUT2D eigenvalue weighted by Crippen LogP contribution is -2.11. The minimum atomic E-state index is 0.0704.